The van der Waals surface area contributed by atoms with Crippen molar-refractivity contribution >= 4 is 17.6 Å². The van der Waals surface area contributed by atoms with E-state index < -0.39 is 30.0 Å². The highest BCUT2D eigenvalue weighted by molar-refractivity contribution is 6.04. The molecule has 0 saturated carbocycles. The Hall–Kier alpha value is -3.44. The zero-order valence-corrected chi connectivity index (χ0v) is 18.1. The van der Waals surface area contributed by atoms with E-state index in [9.17, 15) is 26.7 Å². The fraction of sp³-hybridized carbons (Fsp3) is 0.381. The van der Waals surface area contributed by atoms with E-state index >= 15 is 0 Å². The maximum atomic E-state index is 13.2. The summed E-state index contributed by atoms with van der Waals surface area (Å²) in [5.41, 5.74) is 6.55. The lowest BCUT2D eigenvalue weighted by atomic mass is 10.1. The molecule has 180 valence electrons. The molecule has 0 aliphatic rings. The van der Waals surface area contributed by atoms with E-state index in [0.29, 0.717) is 6.54 Å². The number of ether oxygens (including phenoxy) is 1. The molecule has 33 heavy (non-hydrogen) atoms. The predicted molar refractivity (Wildman–Crippen MR) is 113 cm³/mol. The summed E-state index contributed by atoms with van der Waals surface area (Å²) in [6, 6.07) is 5.32. The second kappa shape index (κ2) is 10.5. The van der Waals surface area contributed by atoms with Gasteiger partial charge in [0.15, 0.2) is 5.96 Å². The van der Waals surface area contributed by atoms with Crippen LogP contribution in [0.3, 0.4) is 0 Å². The average Bonchev–Trinajstić information content (AvgIpc) is 2.71. The number of halogens is 5. The number of carbonyl (C=O) groups excluding carboxylic acids is 1. The molecule has 0 unspecified atom stereocenters. The molecule has 1 atom stereocenters. The first kappa shape index (κ1) is 25.8. The van der Waals surface area contributed by atoms with Crippen LogP contribution in [0.4, 0.5) is 27.6 Å². The SMILES string of the molecule is CC(C)CN=C(N)Nc1cnccc1C(=O)N[C@H](C)c1cccc(OC(F)(F)C(F)(F)F)c1. The van der Waals surface area contributed by atoms with E-state index in [1.807, 2.05) is 13.8 Å². The van der Waals surface area contributed by atoms with Crippen molar-refractivity contribution in [2.24, 2.45) is 16.6 Å². The molecule has 0 aliphatic heterocycles. The number of hydrogen-bond acceptors (Lipinski definition) is 4. The molecule has 1 aromatic carbocycles. The van der Waals surface area contributed by atoms with Gasteiger partial charge in [0.25, 0.3) is 5.91 Å². The molecule has 2 rings (SSSR count). The third-order valence-electron chi connectivity index (χ3n) is 4.24. The number of aliphatic imine (C=N–C) groups is 1. The Bertz CT molecular complexity index is 995. The second-order valence-corrected chi connectivity index (χ2v) is 7.55. The van der Waals surface area contributed by atoms with Crippen molar-refractivity contribution in [3.05, 3.63) is 53.9 Å². The van der Waals surface area contributed by atoms with Crippen molar-refractivity contribution in [2.75, 3.05) is 11.9 Å². The summed E-state index contributed by atoms with van der Waals surface area (Å²) in [7, 11) is 0. The Kier molecular flexibility index (Phi) is 8.18. The molecule has 0 fully saturated rings. The van der Waals surface area contributed by atoms with Crippen LogP contribution in [0.2, 0.25) is 0 Å². The summed E-state index contributed by atoms with van der Waals surface area (Å²) in [5.74, 6) is -0.889. The van der Waals surface area contributed by atoms with Crippen LogP contribution in [0.1, 0.15) is 42.7 Å². The minimum atomic E-state index is -5.87. The summed E-state index contributed by atoms with van der Waals surface area (Å²) < 4.78 is 67.4. The molecule has 1 heterocycles. The molecular weight excluding hydrogens is 449 g/mol. The van der Waals surface area contributed by atoms with Gasteiger partial charge in [-0.2, -0.15) is 22.0 Å². The summed E-state index contributed by atoms with van der Waals surface area (Å²) in [6.45, 7) is 5.94. The minimum Gasteiger partial charge on any atom is -0.426 e. The van der Waals surface area contributed by atoms with Crippen LogP contribution in [0.25, 0.3) is 0 Å². The summed E-state index contributed by atoms with van der Waals surface area (Å²) in [5, 5.41) is 5.45. The number of nitrogens with two attached hydrogens (primary N) is 1. The highest BCUT2D eigenvalue weighted by atomic mass is 19.4. The van der Waals surface area contributed by atoms with Crippen molar-refractivity contribution in [1.29, 1.82) is 0 Å². The van der Waals surface area contributed by atoms with Gasteiger partial charge in [-0.25, -0.2) is 0 Å². The van der Waals surface area contributed by atoms with Gasteiger partial charge in [0.1, 0.15) is 5.75 Å². The molecule has 1 amide bonds. The fourth-order valence-corrected chi connectivity index (χ4v) is 2.56. The van der Waals surface area contributed by atoms with Crippen molar-refractivity contribution in [2.45, 2.75) is 39.1 Å². The number of amides is 1. The van der Waals surface area contributed by atoms with Gasteiger partial charge in [-0.1, -0.05) is 26.0 Å². The maximum Gasteiger partial charge on any atom is 0.499 e. The van der Waals surface area contributed by atoms with Crippen LogP contribution in [0, 0.1) is 5.92 Å². The van der Waals surface area contributed by atoms with Gasteiger partial charge in [0.05, 0.1) is 23.5 Å². The molecule has 0 bridgehead atoms. The number of guanidine groups is 1. The molecule has 0 aliphatic carbocycles. The second-order valence-electron chi connectivity index (χ2n) is 7.55. The molecule has 7 nitrogen and oxygen atoms in total. The quantitative estimate of drug-likeness (QED) is 0.298. The molecule has 0 radical (unpaired) electrons. The van der Waals surface area contributed by atoms with E-state index in [1.54, 1.807) is 0 Å². The van der Waals surface area contributed by atoms with Gasteiger partial charge in [-0.05, 0) is 36.6 Å². The topological polar surface area (TPSA) is 102 Å². The Labute approximate surface area is 187 Å². The van der Waals surface area contributed by atoms with E-state index in [4.69, 9.17) is 5.73 Å². The highest BCUT2D eigenvalue weighted by Crippen LogP contribution is 2.37. The Morgan fingerprint density at radius 1 is 1.18 bits per heavy atom. The van der Waals surface area contributed by atoms with Crippen molar-refractivity contribution in [3.63, 3.8) is 0 Å². The van der Waals surface area contributed by atoms with Crippen molar-refractivity contribution < 1.29 is 31.5 Å². The number of rotatable bonds is 8. The fourth-order valence-electron chi connectivity index (χ4n) is 2.56. The normalized spacial score (nSPS) is 13.5. The van der Waals surface area contributed by atoms with Gasteiger partial charge in [-0.3, -0.25) is 14.8 Å². The smallest absolute Gasteiger partial charge is 0.426 e. The van der Waals surface area contributed by atoms with Gasteiger partial charge in [0.2, 0.25) is 0 Å². The first-order valence-electron chi connectivity index (χ1n) is 9.85. The van der Waals surface area contributed by atoms with E-state index in [0.717, 1.165) is 12.1 Å². The molecular formula is C21H24F5N5O2. The standard InChI is InChI=1S/C21H24F5N5O2/c1-12(2)10-29-19(27)31-17-11-28-8-7-16(17)18(32)30-13(3)14-5-4-6-15(9-14)33-21(25,26)20(22,23)24/h4-9,11-13H,10H2,1-3H3,(H,30,32)(H3,27,29,31)/t13-/m1/s1. The number of hydrogen-bond donors (Lipinski definition) is 3. The molecule has 0 saturated heterocycles. The van der Waals surface area contributed by atoms with Crippen molar-refractivity contribution in [3.8, 4) is 5.75 Å². The van der Waals surface area contributed by atoms with Gasteiger partial charge < -0.3 is 21.1 Å². The largest absolute Gasteiger partial charge is 0.499 e. The molecule has 4 N–H and O–H groups in total. The summed E-state index contributed by atoms with van der Waals surface area (Å²) in [6.07, 6.45) is -8.45. The van der Waals surface area contributed by atoms with Crippen LogP contribution < -0.4 is 21.1 Å². The number of alkyl halides is 5. The van der Waals surface area contributed by atoms with Crippen LogP contribution >= 0.6 is 0 Å². The van der Waals surface area contributed by atoms with E-state index in [1.165, 1.54) is 37.5 Å². The van der Waals surface area contributed by atoms with Gasteiger partial charge in [-0.15, -0.1) is 0 Å². The average molecular weight is 473 g/mol. The number of aromatic nitrogens is 1. The van der Waals surface area contributed by atoms with Gasteiger partial charge in [0, 0.05) is 12.7 Å². The highest BCUT2D eigenvalue weighted by Gasteiger charge is 2.61. The Balaban J connectivity index is 2.15. The summed E-state index contributed by atoms with van der Waals surface area (Å²) in [4.78, 5) is 20.9. The maximum absolute atomic E-state index is 13.2. The summed E-state index contributed by atoms with van der Waals surface area (Å²) >= 11 is 0. The monoisotopic (exact) mass is 473 g/mol. The van der Waals surface area contributed by atoms with Crippen LogP contribution in [-0.4, -0.2) is 35.7 Å². The van der Waals surface area contributed by atoms with Crippen LogP contribution in [0.15, 0.2) is 47.7 Å². The zero-order valence-electron chi connectivity index (χ0n) is 18.1. The number of nitrogens with zero attached hydrogens (tertiary/aromatic N) is 2. The van der Waals surface area contributed by atoms with Crippen LogP contribution in [0.5, 0.6) is 5.75 Å². The lowest BCUT2D eigenvalue weighted by molar-refractivity contribution is -0.360. The van der Waals surface area contributed by atoms with Gasteiger partial charge >= 0.3 is 12.3 Å². The van der Waals surface area contributed by atoms with E-state index in [2.05, 4.69) is 25.3 Å². The number of benzene rings is 1. The van der Waals surface area contributed by atoms with E-state index in [-0.39, 0.29) is 28.7 Å². The predicted octanol–water partition coefficient (Wildman–Crippen LogP) is 4.49. The van der Waals surface area contributed by atoms with Crippen molar-refractivity contribution in [1.82, 2.24) is 10.3 Å². The molecule has 1 aromatic heterocycles. The molecule has 2 aromatic rings. The number of anilines is 1. The third kappa shape index (κ3) is 7.29. The minimum absolute atomic E-state index is 0.0919. The third-order valence-corrected chi connectivity index (χ3v) is 4.24. The number of nitrogens with one attached hydrogen (secondary N) is 2. The Morgan fingerprint density at radius 2 is 1.88 bits per heavy atom. The number of carbonyl (C=O) groups is 1. The zero-order chi connectivity index (χ0) is 24.8. The molecule has 12 heteroatoms. The first-order chi connectivity index (χ1) is 15.3. The first-order valence-corrected chi connectivity index (χ1v) is 9.85. The molecule has 0 spiro atoms. The number of pyridine rings is 1. The Morgan fingerprint density at radius 3 is 2.52 bits per heavy atom. The lowest BCUT2D eigenvalue weighted by Gasteiger charge is -2.21. The lowest BCUT2D eigenvalue weighted by Crippen LogP contribution is -2.41. The van der Waals surface area contributed by atoms with Crippen LogP contribution in [-0.2, 0) is 0 Å².